The van der Waals surface area contributed by atoms with Crippen molar-refractivity contribution in [3.8, 4) is 0 Å². The van der Waals surface area contributed by atoms with E-state index in [1.54, 1.807) is 24.3 Å². The Hall–Kier alpha value is -1.65. The fraction of sp³-hybridized carbons (Fsp3) is 0.364. The lowest BCUT2D eigenvalue weighted by Crippen LogP contribution is -2.46. The third kappa shape index (κ3) is 2.13. The molecule has 0 aromatic heterocycles. The highest BCUT2D eigenvalue weighted by Gasteiger charge is 2.39. The minimum atomic E-state index is -2.80. The average Bonchev–Trinajstić information content (AvgIpc) is 2.23. The maximum atomic E-state index is 13.2. The number of nitrogens with zero attached hydrogens (tertiary/aromatic N) is 1. The monoisotopic (exact) mass is 226 g/mol. The van der Waals surface area contributed by atoms with Crippen molar-refractivity contribution in [3.05, 3.63) is 24.3 Å². The van der Waals surface area contributed by atoms with Gasteiger partial charge in [-0.2, -0.15) is 0 Å². The van der Waals surface area contributed by atoms with Gasteiger partial charge in [0, 0.05) is 24.2 Å². The number of hydrogen-bond acceptors (Lipinski definition) is 2. The minimum Gasteiger partial charge on any atom is -0.399 e. The second-order valence-corrected chi connectivity index (χ2v) is 3.93. The third-order valence-electron chi connectivity index (χ3n) is 2.60. The predicted molar refractivity (Wildman–Crippen MR) is 57.4 cm³/mol. The van der Waals surface area contributed by atoms with Gasteiger partial charge in [0.2, 0.25) is 5.91 Å². The van der Waals surface area contributed by atoms with E-state index in [0.29, 0.717) is 11.4 Å². The van der Waals surface area contributed by atoms with Gasteiger partial charge in [0.1, 0.15) is 0 Å². The summed E-state index contributed by atoms with van der Waals surface area (Å²) in [6.45, 7) is -0.546. The lowest BCUT2D eigenvalue weighted by molar-refractivity contribution is -0.125. The van der Waals surface area contributed by atoms with Gasteiger partial charge in [-0.25, -0.2) is 8.78 Å². The van der Waals surface area contributed by atoms with Crippen LogP contribution in [0.2, 0.25) is 0 Å². The average molecular weight is 226 g/mol. The van der Waals surface area contributed by atoms with Crippen molar-refractivity contribution in [2.75, 3.05) is 17.2 Å². The Labute approximate surface area is 91.8 Å². The first-order valence-corrected chi connectivity index (χ1v) is 5.02. The van der Waals surface area contributed by atoms with Crippen LogP contribution in [-0.2, 0) is 4.79 Å². The molecule has 0 bridgehead atoms. The molecule has 1 aromatic rings. The van der Waals surface area contributed by atoms with E-state index < -0.39 is 12.5 Å². The first kappa shape index (κ1) is 10.9. The lowest BCUT2D eigenvalue weighted by Gasteiger charge is -2.32. The standard InChI is InChI=1S/C11H12F2N2O/c12-11(13)6-5-10(16)15(7-11)9-3-1-8(14)2-4-9/h1-4H,5-7,14H2. The SMILES string of the molecule is Nc1ccc(N2CC(F)(F)CCC2=O)cc1. The Morgan fingerprint density at radius 3 is 2.50 bits per heavy atom. The van der Waals surface area contributed by atoms with Crippen molar-refractivity contribution < 1.29 is 13.6 Å². The Balaban J connectivity index is 2.25. The van der Waals surface area contributed by atoms with Gasteiger partial charge in [-0.15, -0.1) is 0 Å². The number of alkyl halides is 2. The molecule has 16 heavy (non-hydrogen) atoms. The van der Waals surface area contributed by atoms with Crippen molar-refractivity contribution in [3.63, 3.8) is 0 Å². The van der Waals surface area contributed by atoms with Crippen molar-refractivity contribution in [1.29, 1.82) is 0 Å². The topological polar surface area (TPSA) is 46.3 Å². The highest BCUT2D eigenvalue weighted by atomic mass is 19.3. The van der Waals surface area contributed by atoms with E-state index >= 15 is 0 Å². The first-order chi connectivity index (χ1) is 7.48. The van der Waals surface area contributed by atoms with E-state index in [1.165, 1.54) is 0 Å². The normalized spacial score (nSPS) is 19.9. The summed E-state index contributed by atoms with van der Waals surface area (Å²) >= 11 is 0. The van der Waals surface area contributed by atoms with Crippen LogP contribution in [0.1, 0.15) is 12.8 Å². The summed E-state index contributed by atoms with van der Waals surface area (Å²) < 4.78 is 26.3. The molecule has 0 aliphatic carbocycles. The fourth-order valence-electron chi connectivity index (χ4n) is 1.71. The number of benzene rings is 1. The Morgan fingerprint density at radius 2 is 1.88 bits per heavy atom. The second kappa shape index (κ2) is 3.73. The van der Waals surface area contributed by atoms with Crippen LogP contribution in [0.5, 0.6) is 0 Å². The van der Waals surface area contributed by atoms with Crippen LogP contribution >= 0.6 is 0 Å². The van der Waals surface area contributed by atoms with Gasteiger partial charge < -0.3 is 10.6 Å². The molecule has 0 radical (unpaired) electrons. The molecule has 1 heterocycles. The van der Waals surface area contributed by atoms with Gasteiger partial charge >= 0.3 is 0 Å². The molecule has 0 saturated carbocycles. The van der Waals surface area contributed by atoms with Crippen LogP contribution in [0.4, 0.5) is 20.2 Å². The van der Waals surface area contributed by atoms with Crippen molar-refractivity contribution in [2.24, 2.45) is 0 Å². The van der Waals surface area contributed by atoms with E-state index in [4.69, 9.17) is 5.73 Å². The van der Waals surface area contributed by atoms with Crippen LogP contribution in [0.25, 0.3) is 0 Å². The van der Waals surface area contributed by atoms with Crippen molar-refractivity contribution >= 4 is 17.3 Å². The quantitative estimate of drug-likeness (QED) is 0.745. The zero-order valence-electron chi connectivity index (χ0n) is 8.62. The number of piperidine rings is 1. The van der Waals surface area contributed by atoms with Gasteiger partial charge in [-0.1, -0.05) is 0 Å². The number of carbonyl (C=O) groups is 1. The van der Waals surface area contributed by atoms with E-state index in [9.17, 15) is 13.6 Å². The summed E-state index contributed by atoms with van der Waals surface area (Å²) in [5, 5.41) is 0. The van der Waals surface area contributed by atoms with Crippen molar-refractivity contribution in [1.82, 2.24) is 0 Å². The number of amides is 1. The predicted octanol–water partition coefficient (Wildman–Crippen LogP) is 2.03. The summed E-state index contributed by atoms with van der Waals surface area (Å²) in [5.41, 5.74) is 6.51. The second-order valence-electron chi connectivity index (χ2n) is 3.93. The number of nitrogens with two attached hydrogens (primary N) is 1. The molecule has 86 valence electrons. The summed E-state index contributed by atoms with van der Waals surface area (Å²) in [4.78, 5) is 12.6. The molecule has 1 aliphatic heterocycles. The van der Waals surface area contributed by atoms with Crippen molar-refractivity contribution in [2.45, 2.75) is 18.8 Å². The number of nitrogen functional groups attached to an aromatic ring is 1. The van der Waals surface area contributed by atoms with Crippen LogP contribution in [-0.4, -0.2) is 18.4 Å². The Kier molecular flexibility index (Phi) is 2.53. The van der Waals surface area contributed by atoms with Crippen LogP contribution in [0.3, 0.4) is 0 Å². The number of carbonyl (C=O) groups excluding carboxylic acids is 1. The molecule has 1 aromatic carbocycles. The van der Waals surface area contributed by atoms with Gasteiger partial charge in [0.25, 0.3) is 5.92 Å². The number of anilines is 2. The number of rotatable bonds is 1. The molecule has 1 saturated heterocycles. The van der Waals surface area contributed by atoms with Gasteiger partial charge in [0.15, 0.2) is 0 Å². The fourth-order valence-corrected chi connectivity index (χ4v) is 1.71. The molecular weight excluding hydrogens is 214 g/mol. The molecule has 1 amide bonds. The lowest BCUT2D eigenvalue weighted by atomic mass is 10.1. The number of halogens is 2. The molecular formula is C11H12F2N2O. The van der Waals surface area contributed by atoms with E-state index in [0.717, 1.165) is 4.90 Å². The zero-order chi connectivity index (χ0) is 11.8. The largest absolute Gasteiger partial charge is 0.399 e. The summed E-state index contributed by atoms with van der Waals surface area (Å²) in [6.07, 6.45) is -0.477. The van der Waals surface area contributed by atoms with Gasteiger partial charge in [-0.3, -0.25) is 4.79 Å². The Bertz CT molecular complexity index is 403. The summed E-state index contributed by atoms with van der Waals surface area (Å²) in [5.74, 6) is -3.06. The van der Waals surface area contributed by atoms with Crippen LogP contribution < -0.4 is 10.6 Å². The highest BCUT2D eigenvalue weighted by Crippen LogP contribution is 2.30. The highest BCUT2D eigenvalue weighted by molar-refractivity contribution is 5.94. The van der Waals surface area contributed by atoms with Gasteiger partial charge in [0.05, 0.1) is 6.54 Å². The molecule has 0 atom stereocenters. The van der Waals surface area contributed by atoms with E-state index in [2.05, 4.69) is 0 Å². The Morgan fingerprint density at radius 1 is 1.25 bits per heavy atom. The van der Waals surface area contributed by atoms with E-state index in [1.807, 2.05) is 0 Å². The minimum absolute atomic E-state index is 0.114. The van der Waals surface area contributed by atoms with E-state index in [-0.39, 0.29) is 18.7 Å². The third-order valence-corrected chi connectivity index (χ3v) is 2.60. The van der Waals surface area contributed by atoms with Crippen LogP contribution in [0, 0.1) is 0 Å². The molecule has 5 heteroatoms. The zero-order valence-corrected chi connectivity index (χ0v) is 8.62. The maximum absolute atomic E-state index is 13.2. The molecule has 0 spiro atoms. The summed E-state index contributed by atoms with van der Waals surface area (Å²) in [7, 11) is 0. The van der Waals surface area contributed by atoms with Crippen LogP contribution in [0.15, 0.2) is 24.3 Å². The molecule has 0 unspecified atom stereocenters. The molecule has 2 N–H and O–H groups in total. The molecule has 1 aliphatic rings. The molecule has 1 fully saturated rings. The maximum Gasteiger partial charge on any atom is 0.266 e. The smallest absolute Gasteiger partial charge is 0.266 e. The number of hydrogen-bond donors (Lipinski definition) is 1. The summed E-state index contributed by atoms with van der Waals surface area (Å²) in [6, 6.07) is 6.34. The molecule has 3 nitrogen and oxygen atoms in total. The first-order valence-electron chi connectivity index (χ1n) is 5.02. The molecule has 2 rings (SSSR count). The van der Waals surface area contributed by atoms with Gasteiger partial charge in [-0.05, 0) is 24.3 Å².